The number of nitriles is 2. The lowest BCUT2D eigenvalue weighted by atomic mass is 10.2. The van der Waals surface area contributed by atoms with Gasteiger partial charge in [-0.2, -0.15) is 10.5 Å². The molecule has 0 aliphatic carbocycles. The number of nitrogens with two attached hydrogens (primary N) is 1. The van der Waals surface area contributed by atoms with Crippen LogP contribution >= 0.6 is 11.8 Å². The van der Waals surface area contributed by atoms with Gasteiger partial charge in [0.05, 0.1) is 36.3 Å². The molecule has 0 saturated carbocycles. The largest absolute Gasteiger partial charge is 0.340 e. The highest BCUT2D eigenvalue weighted by Gasteiger charge is 2.18. The van der Waals surface area contributed by atoms with Crippen LogP contribution in [0, 0.1) is 28.5 Å². The van der Waals surface area contributed by atoms with E-state index in [4.69, 9.17) is 16.4 Å². The molecule has 26 heavy (non-hydrogen) atoms. The van der Waals surface area contributed by atoms with Crippen molar-refractivity contribution in [2.45, 2.75) is 18.0 Å². The van der Waals surface area contributed by atoms with Crippen molar-refractivity contribution in [3.8, 4) is 23.5 Å². The van der Waals surface area contributed by atoms with Crippen LogP contribution in [0.25, 0.3) is 11.4 Å². The summed E-state index contributed by atoms with van der Waals surface area (Å²) in [6.45, 7) is 0.515. The Morgan fingerprint density at radius 2 is 1.88 bits per heavy atom. The average Bonchev–Trinajstić information content (AvgIpc) is 3.00. The number of rotatable bonds is 8. The molecule has 0 unspecified atom stereocenters. The highest BCUT2D eigenvalue weighted by molar-refractivity contribution is 7.99. The summed E-state index contributed by atoms with van der Waals surface area (Å²) < 4.78 is 15.0. The van der Waals surface area contributed by atoms with E-state index in [2.05, 4.69) is 10.2 Å². The fraction of sp³-hybridized carbons (Fsp3) is 0.312. The number of carbonyl (C=O) groups excluding carboxylic acids is 1. The van der Waals surface area contributed by atoms with Crippen LogP contribution in [-0.2, 0) is 4.79 Å². The van der Waals surface area contributed by atoms with E-state index in [0.29, 0.717) is 0 Å². The van der Waals surface area contributed by atoms with Gasteiger partial charge in [0, 0.05) is 13.1 Å². The summed E-state index contributed by atoms with van der Waals surface area (Å²) in [6.07, 6.45) is 0.374. The van der Waals surface area contributed by atoms with Crippen molar-refractivity contribution >= 4 is 17.7 Å². The Hall–Kier alpha value is -3.11. The maximum Gasteiger partial charge on any atom is 0.233 e. The van der Waals surface area contributed by atoms with E-state index in [1.54, 1.807) is 12.1 Å². The number of hydrogen-bond donors (Lipinski definition) is 1. The summed E-state index contributed by atoms with van der Waals surface area (Å²) in [7, 11) is 0. The second-order valence-electron chi connectivity index (χ2n) is 5.14. The minimum atomic E-state index is -0.474. The number of thioether (sulfide) groups is 1. The number of hydrogen-bond acceptors (Lipinski definition) is 7. The lowest BCUT2D eigenvalue weighted by Crippen LogP contribution is -2.34. The zero-order valence-corrected chi connectivity index (χ0v) is 14.6. The van der Waals surface area contributed by atoms with Gasteiger partial charge in [0.2, 0.25) is 11.1 Å². The maximum atomic E-state index is 13.9. The molecular formula is C16H16FN7OS. The molecule has 0 aliphatic rings. The number of aromatic nitrogens is 3. The van der Waals surface area contributed by atoms with Crippen LogP contribution in [0.2, 0.25) is 0 Å². The van der Waals surface area contributed by atoms with Crippen LogP contribution < -0.4 is 5.84 Å². The van der Waals surface area contributed by atoms with Crippen molar-refractivity contribution < 1.29 is 9.18 Å². The third kappa shape index (κ3) is 4.71. The quantitative estimate of drug-likeness (QED) is 0.549. The van der Waals surface area contributed by atoms with Crippen molar-refractivity contribution in [1.29, 1.82) is 10.5 Å². The van der Waals surface area contributed by atoms with Crippen LogP contribution in [0.3, 0.4) is 0 Å². The van der Waals surface area contributed by atoms with E-state index in [-0.39, 0.29) is 54.1 Å². The van der Waals surface area contributed by atoms with Gasteiger partial charge in [-0.05, 0) is 12.1 Å². The zero-order chi connectivity index (χ0) is 18.9. The second-order valence-corrected chi connectivity index (χ2v) is 6.08. The van der Waals surface area contributed by atoms with Gasteiger partial charge in [-0.1, -0.05) is 23.9 Å². The lowest BCUT2D eigenvalue weighted by Gasteiger charge is -2.19. The Morgan fingerprint density at radius 3 is 2.50 bits per heavy atom. The molecule has 10 heteroatoms. The first kappa shape index (κ1) is 19.2. The van der Waals surface area contributed by atoms with Gasteiger partial charge < -0.3 is 10.7 Å². The molecule has 1 aromatic heterocycles. The second kappa shape index (κ2) is 9.39. The van der Waals surface area contributed by atoms with E-state index in [1.165, 1.54) is 17.0 Å². The average molecular weight is 373 g/mol. The number of halogens is 1. The molecule has 0 bridgehead atoms. The number of nitrogens with zero attached hydrogens (tertiary/aromatic N) is 6. The van der Waals surface area contributed by atoms with Gasteiger partial charge in [0.25, 0.3) is 0 Å². The van der Waals surface area contributed by atoms with E-state index < -0.39 is 5.82 Å². The molecule has 2 rings (SSSR count). The van der Waals surface area contributed by atoms with Gasteiger partial charge in [0.1, 0.15) is 5.82 Å². The van der Waals surface area contributed by atoms with Crippen LogP contribution in [-0.4, -0.2) is 44.5 Å². The molecule has 1 aromatic carbocycles. The number of nitrogen functional groups attached to an aromatic ring is 1. The smallest absolute Gasteiger partial charge is 0.233 e. The molecule has 0 fully saturated rings. The molecular weight excluding hydrogens is 357 g/mol. The first-order valence-corrected chi connectivity index (χ1v) is 8.67. The molecule has 0 spiro atoms. The van der Waals surface area contributed by atoms with Gasteiger partial charge in [-0.15, -0.1) is 10.2 Å². The maximum absolute atomic E-state index is 13.9. The lowest BCUT2D eigenvalue weighted by molar-refractivity contribution is -0.128. The number of benzene rings is 1. The fourth-order valence-electron chi connectivity index (χ4n) is 2.15. The first-order valence-electron chi connectivity index (χ1n) is 7.68. The monoisotopic (exact) mass is 373 g/mol. The molecule has 1 heterocycles. The summed E-state index contributed by atoms with van der Waals surface area (Å²) in [5.74, 6) is 5.38. The molecule has 1 amide bonds. The van der Waals surface area contributed by atoms with Gasteiger partial charge in [0.15, 0.2) is 5.82 Å². The van der Waals surface area contributed by atoms with E-state index in [9.17, 15) is 9.18 Å². The summed E-state index contributed by atoms with van der Waals surface area (Å²) in [5.41, 5.74) is 0.213. The van der Waals surface area contributed by atoms with E-state index in [1.807, 2.05) is 12.1 Å². The standard InChI is InChI=1S/C16H16FN7OS/c17-13-6-2-1-5-12(13)15-21-22-16(24(15)20)26-11-14(25)23(9-3-7-18)10-4-8-19/h1-2,5-6H,3-4,9-11,20H2. The van der Waals surface area contributed by atoms with Crippen molar-refractivity contribution in [2.75, 3.05) is 24.7 Å². The van der Waals surface area contributed by atoms with Gasteiger partial charge >= 0.3 is 0 Å². The van der Waals surface area contributed by atoms with Crippen LogP contribution in [0.15, 0.2) is 29.4 Å². The molecule has 134 valence electrons. The minimum absolute atomic E-state index is 0.0173. The first-order chi connectivity index (χ1) is 12.6. The number of carbonyl (C=O) groups is 1. The Bertz CT molecular complexity index is 837. The fourth-order valence-corrected chi connectivity index (χ4v) is 2.91. The Labute approximate surface area is 154 Å². The van der Waals surface area contributed by atoms with Crippen molar-refractivity contribution in [3.63, 3.8) is 0 Å². The third-order valence-corrected chi connectivity index (χ3v) is 4.37. The molecule has 0 radical (unpaired) electrons. The minimum Gasteiger partial charge on any atom is -0.340 e. The molecule has 2 aromatic rings. The Balaban J connectivity index is 2.05. The molecule has 2 N–H and O–H groups in total. The third-order valence-electron chi connectivity index (χ3n) is 3.44. The summed E-state index contributed by atoms with van der Waals surface area (Å²) >= 11 is 1.06. The van der Waals surface area contributed by atoms with Crippen molar-refractivity contribution in [1.82, 2.24) is 19.8 Å². The Morgan fingerprint density at radius 1 is 1.23 bits per heavy atom. The SMILES string of the molecule is N#CCCN(CCC#N)C(=O)CSc1nnc(-c2ccccc2F)n1N. The van der Waals surface area contributed by atoms with Gasteiger partial charge in [-0.25, -0.2) is 9.07 Å². The molecule has 0 saturated heterocycles. The van der Waals surface area contributed by atoms with Crippen LogP contribution in [0.1, 0.15) is 12.8 Å². The van der Waals surface area contributed by atoms with Crippen molar-refractivity contribution in [2.24, 2.45) is 0 Å². The highest BCUT2D eigenvalue weighted by atomic mass is 32.2. The summed E-state index contributed by atoms with van der Waals surface area (Å²) in [4.78, 5) is 13.8. The molecule has 0 atom stereocenters. The summed E-state index contributed by atoms with van der Waals surface area (Å²) in [5, 5.41) is 25.4. The highest BCUT2D eigenvalue weighted by Crippen LogP contribution is 2.23. The predicted molar refractivity (Wildman–Crippen MR) is 93.3 cm³/mol. The summed E-state index contributed by atoms with van der Waals surface area (Å²) in [6, 6.07) is 9.99. The van der Waals surface area contributed by atoms with Crippen LogP contribution in [0.5, 0.6) is 0 Å². The Kier molecular flexibility index (Phi) is 6.94. The van der Waals surface area contributed by atoms with E-state index in [0.717, 1.165) is 16.4 Å². The van der Waals surface area contributed by atoms with Crippen molar-refractivity contribution in [3.05, 3.63) is 30.1 Å². The normalized spacial score (nSPS) is 10.1. The van der Waals surface area contributed by atoms with E-state index >= 15 is 0 Å². The van der Waals surface area contributed by atoms with Crippen LogP contribution in [0.4, 0.5) is 4.39 Å². The number of amides is 1. The van der Waals surface area contributed by atoms with Gasteiger partial charge in [-0.3, -0.25) is 4.79 Å². The topological polar surface area (TPSA) is 125 Å². The molecule has 8 nitrogen and oxygen atoms in total. The predicted octanol–water partition coefficient (Wildman–Crippen LogP) is 1.55. The zero-order valence-electron chi connectivity index (χ0n) is 13.8. The molecule has 0 aliphatic heterocycles.